The maximum absolute atomic E-state index is 12.6. The Morgan fingerprint density at radius 1 is 1.40 bits per heavy atom. The second-order valence-corrected chi connectivity index (χ2v) is 7.29. The minimum atomic E-state index is -0.564. The maximum Gasteiger partial charge on any atom is 0.263 e. The van der Waals surface area contributed by atoms with Crippen molar-refractivity contribution in [3.05, 3.63) is 29.9 Å². The molecule has 2 fully saturated rings. The molecule has 1 saturated carbocycles. The van der Waals surface area contributed by atoms with Crippen molar-refractivity contribution in [2.24, 2.45) is 5.92 Å². The van der Waals surface area contributed by atoms with Crippen LogP contribution in [0.2, 0.25) is 0 Å². The number of likely N-dealkylation sites (tertiary alicyclic amines) is 1. The third kappa shape index (κ3) is 3.11. The van der Waals surface area contributed by atoms with E-state index in [-0.39, 0.29) is 12.3 Å². The van der Waals surface area contributed by atoms with E-state index in [0.717, 1.165) is 12.8 Å². The van der Waals surface area contributed by atoms with E-state index < -0.39 is 5.60 Å². The third-order valence-corrected chi connectivity index (χ3v) is 5.79. The summed E-state index contributed by atoms with van der Waals surface area (Å²) in [4.78, 5) is 18.9. The van der Waals surface area contributed by atoms with Gasteiger partial charge in [0.05, 0.1) is 24.0 Å². The van der Waals surface area contributed by atoms with Crippen LogP contribution in [0.3, 0.4) is 0 Å². The predicted molar refractivity (Wildman–Crippen MR) is 90.8 cm³/mol. The van der Waals surface area contributed by atoms with Crippen molar-refractivity contribution < 1.29 is 18.7 Å². The van der Waals surface area contributed by atoms with Crippen LogP contribution in [0.1, 0.15) is 43.6 Å². The first-order chi connectivity index (χ1) is 12.0. The van der Waals surface area contributed by atoms with E-state index in [9.17, 15) is 9.90 Å². The fraction of sp³-hybridized carbons (Fsp3) is 0.579. The summed E-state index contributed by atoms with van der Waals surface area (Å²) in [6.07, 6.45) is 6.61. The normalized spacial score (nSPS) is 20.5. The van der Waals surface area contributed by atoms with Gasteiger partial charge in [-0.1, -0.05) is 6.42 Å². The quantitative estimate of drug-likeness (QED) is 0.922. The van der Waals surface area contributed by atoms with Gasteiger partial charge in [0.2, 0.25) is 5.91 Å². The molecule has 1 saturated heterocycles. The lowest BCUT2D eigenvalue weighted by Gasteiger charge is -2.46. The highest BCUT2D eigenvalue weighted by atomic mass is 16.4. The highest BCUT2D eigenvalue weighted by Gasteiger charge is 2.42. The number of carbonyl (C=O) groups is 1. The number of hydrogen-bond acceptors (Lipinski definition) is 5. The number of amides is 1. The largest absolute Gasteiger partial charge is 0.459 e. The van der Waals surface area contributed by atoms with E-state index >= 15 is 0 Å². The Balaban J connectivity index is 1.38. The smallest absolute Gasteiger partial charge is 0.263 e. The number of aryl methyl sites for hydroxylation is 1. The first-order valence-electron chi connectivity index (χ1n) is 9.05. The number of carbonyl (C=O) groups excluding carboxylic acids is 1. The van der Waals surface area contributed by atoms with Crippen molar-refractivity contribution in [2.45, 2.75) is 51.0 Å². The second-order valence-electron chi connectivity index (χ2n) is 7.29. The number of aromatic nitrogens is 1. The number of oxazole rings is 1. The molecule has 25 heavy (non-hydrogen) atoms. The van der Waals surface area contributed by atoms with Crippen molar-refractivity contribution >= 4 is 5.91 Å². The highest BCUT2D eigenvalue weighted by molar-refractivity contribution is 5.78. The molecule has 3 heterocycles. The number of piperidine rings is 1. The summed E-state index contributed by atoms with van der Waals surface area (Å²) in [7, 11) is 0. The van der Waals surface area contributed by atoms with Gasteiger partial charge in [-0.2, -0.15) is 0 Å². The van der Waals surface area contributed by atoms with Crippen LogP contribution in [-0.2, 0) is 11.2 Å². The van der Waals surface area contributed by atoms with Gasteiger partial charge in [-0.3, -0.25) is 4.79 Å². The zero-order valence-electron chi connectivity index (χ0n) is 14.5. The van der Waals surface area contributed by atoms with Crippen LogP contribution >= 0.6 is 0 Å². The van der Waals surface area contributed by atoms with E-state index in [4.69, 9.17) is 8.83 Å². The Bertz CT molecular complexity index is 738. The van der Waals surface area contributed by atoms with Gasteiger partial charge in [-0.15, -0.1) is 0 Å². The SMILES string of the molecule is Cc1oc(-c2ccco2)nc1CC(=O)N1CCC(O)(C2CCC2)CC1. The van der Waals surface area contributed by atoms with E-state index in [0.29, 0.717) is 55.0 Å². The lowest BCUT2D eigenvalue weighted by atomic mass is 9.69. The van der Waals surface area contributed by atoms with Crippen LogP contribution in [0.4, 0.5) is 0 Å². The summed E-state index contributed by atoms with van der Waals surface area (Å²) in [6.45, 7) is 3.05. The molecule has 1 aliphatic heterocycles. The van der Waals surface area contributed by atoms with Gasteiger partial charge in [-0.25, -0.2) is 4.98 Å². The van der Waals surface area contributed by atoms with Crippen LogP contribution in [0, 0.1) is 12.8 Å². The predicted octanol–water partition coefficient (Wildman–Crippen LogP) is 2.94. The Morgan fingerprint density at radius 2 is 2.16 bits per heavy atom. The van der Waals surface area contributed by atoms with E-state index in [1.54, 1.807) is 18.4 Å². The Kier molecular flexibility index (Phi) is 4.15. The number of aliphatic hydroxyl groups is 1. The van der Waals surface area contributed by atoms with Crippen molar-refractivity contribution in [3.63, 3.8) is 0 Å². The molecule has 0 spiro atoms. The van der Waals surface area contributed by atoms with E-state index in [1.165, 1.54) is 6.42 Å². The molecule has 0 aromatic carbocycles. The second kappa shape index (κ2) is 6.33. The van der Waals surface area contributed by atoms with Crippen LogP contribution in [0.15, 0.2) is 27.2 Å². The fourth-order valence-electron chi connectivity index (χ4n) is 3.85. The van der Waals surface area contributed by atoms with Gasteiger partial charge in [-0.05, 0) is 50.7 Å². The molecular formula is C19H24N2O4. The molecule has 2 aromatic heterocycles. The molecule has 1 N–H and O–H groups in total. The zero-order chi connectivity index (χ0) is 17.4. The van der Waals surface area contributed by atoms with E-state index in [1.807, 2.05) is 11.8 Å². The molecule has 0 bridgehead atoms. The van der Waals surface area contributed by atoms with E-state index in [2.05, 4.69) is 4.98 Å². The highest BCUT2D eigenvalue weighted by Crippen LogP contribution is 2.41. The Hall–Kier alpha value is -2.08. The van der Waals surface area contributed by atoms with Gasteiger partial charge in [0, 0.05) is 13.1 Å². The molecule has 6 nitrogen and oxygen atoms in total. The van der Waals surface area contributed by atoms with Crippen molar-refractivity contribution in [3.8, 4) is 11.7 Å². The minimum absolute atomic E-state index is 0.0399. The van der Waals surface area contributed by atoms with Gasteiger partial charge < -0.3 is 18.8 Å². The fourth-order valence-corrected chi connectivity index (χ4v) is 3.85. The third-order valence-electron chi connectivity index (χ3n) is 5.79. The van der Waals surface area contributed by atoms with Crippen molar-refractivity contribution in [1.29, 1.82) is 0 Å². The monoisotopic (exact) mass is 344 g/mol. The number of nitrogens with zero attached hydrogens (tertiary/aromatic N) is 2. The molecule has 4 rings (SSSR count). The molecule has 0 atom stereocenters. The van der Waals surface area contributed by atoms with Gasteiger partial charge in [0.15, 0.2) is 5.76 Å². The number of furan rings is 1. The molecule has 0 unspecified atom stereocenters. The summed E-state index contributed by atoms with van der Waals surface area (Å²) >= 11 is 0. The number of rotatable bonds is 4. The summed E-state index contributed by atoms with van der Waals surface area (Å²) in [5.74, 6) is 2.08. The minimum Gasteiger partial charge on any atom is -0.459 e. The zero-order valence-corrected chi connectivity index (χ0v) is 14.5. The van der Waals surface area contributed by atoms with Gasteiger partial charge in [0.1, 0.15) is 5.76 Å². The molecule has 6 heteroatoms. The van der Waals surface area contributed by atoms with Gasteiger partial charge >= 0.3 is 0 Å². The average molecular weight is 344 g/mol. The first-order valence-corrected chi connectivity index (χ1v) is 9.05. The Morgan fingerprint density at radius 3 is 2.76 bits per heavy atom. The standard InChI is InChI=1S/C19H24N2O4/c1-13-15(20-18(25-13)16-6-3-11-24-16)12-17(22)21-9-7-19(23,8-10-21)14-4-2-5-14/h3,6,11,14,23H,2,4-5,7-10,12H2,1H3. The molecule has 134 valence electrons. The summed E-state index contributed by atoms with van der Waals surface area (Å²) in [5, 5.41) is 10.8. The molecular weight excluding hydrogens is 320 g/mol. The Labute approximate surface area is 146 Å². The maximum atomic E-state index is 12.6. The van der Waals surface area contributed by atoms with Crippen LogP contribution in [-0.4, -0.2) is 39.6 Å². The lowest BCUT2D eigenvalue weighted by Crippen LogP contribution is -2.52. The molecule has 1 amide bonds. The summed E-state index contributed by atoms with van der Waals surface area (Å²) in [5.41, 5.74) is 0.0851. The van der Waals surface area contributed by atoms with Crippen molar-refractivity contribution in [1.82, 2.24) is 9.88 Å². The van der Waals surface area contributed by atoms with Crippen LogP contribution in [0.5, 0.6) is 0 Å². The van der Waals surface area contributed by atoms with Crippen LogP contribution < -0.4 is 0 Å². The molecule has 2 aliphatic rings. The van der Waals surface area contributed by atoms with Crippen molar-refractivity contribution in [2.75, 3.05) is 13.1 Å². The average Bonchev–Trinajstić information content (AvgIpc) is 3.16. The molecule has 1 aliphatic carbocycles. The molecule has 0 radical (unpaired) electrons. The van der Waals surface area contributed by atoms with Crippen LogP contribution in [0.25, 0.3) is 11.7 Å². The molecule has 2 aromatic rings. The lowest BCUT2D eigenvalue weighted by molar-refractivity contribution is -0.139. The topological polar surface area (TPSA) is 79.7 Å². The first kappa shape index (κ1) is 16.4. The number of hydrogen-bond donors (Lipinski definition) is 1. The van der Waals surface area contributed by atoms with Gasteiger partial charge in [0.25, 0.3) is 5.89 Å². The summed E-state index contributed by atoms with van der Waals surface area (Å²) in [6, 6.07) is 3.56. The summed E-state index contributed by atoms with van der Waals surface area (Å²) < 4.78 is 10.9.